The van der Waals surface area contributed by atoms with Crippen molar-refractivity contribution in [2.45, 2.75) is 6.92 Å². The zero-order valence-corrected chi connectivity index (χ0v) is 13.7. The van der Waals surface area contributed by atoms with Crippen molar-refractivity contribution in [3.05, 3.63) is 41.3 Å². The molecule has 0 spiro atoms. The number of rotatable bonds is 2. The number of hydrogen-bond acceptors (Lipinski definition) is 6. The van der Waals surface area contributed by atoms with Crippen LogP contribution in [-0.4, -0.2) is 36.7 Å². The van der Waals surface area contributed by atoms with Gasteiger partial charge in [0.1, 0.15) is 12.1 Å². The van der Waals surface area contributed by atoms with Crippen LogP contribution in [-0.2, 0) is 0 Å². The molecule has 0 amide bonds. The van der Waals surface area contributed by atoms with Crippen LogP contribution in [0.25, 0.3) is 27.8 Å². The van der Waals surface area contributed by atoms with Gasteiger partial charge in [-0.05, 0) is 24.6 Å². The molecule has 0 aliphatic carbocycles. The largest absolute Gasteiger partial charge is 0.506 e. The molecule has 0 aliphatic rings. The van der Waals surface area contributed by atoms with Crippen molar-refractivity contribution in [3.8, 4) is 16.9 Å². The van der Waals surface area contributed by atoms with Crippen molar-refractivity contribution in [1.29, 1.82) is 0 Å². The van der Waals surface area contributed by atoms with Gasteiger partial charge in [-0.3, -0.25) is 4.40 Å². The van der Waals surface area contributed by atoms with Crippen LogP contribution in [0.5, 0.6) is 5.75 Å². The Bertz CT molecular complexity index is 1090. The lowest BCUT2D eigenvalue weighted by Crippen LogP contribution is -2.00. The minimum atomic E-state index is 0.0248. The van der Waals surface area contributed by atoms with Crippen LogP contribution < -0.4 is 5.32 Å². The summed E-state index contributed by atoms with van der Waals surface area (Å²) in [4.78, 5) is 8.72. The number of phenolic OH excluding ortho intramolecular Hbond substituents is 1. The van der Waals surface area contributed by atoms with Gasteiger partial charge < -0.3 is 10.4 Å². The van der Waals surface area contributed by atoms with Gasteiger partial charge in [-0.2, -0.15) is 4.98 Å². The van der Waals surface area contributed by atoms with Gasteiger partial charge in [0.25, 0.3) is 0 Å². The summed E-state index contributed by atoms with van der Waals surface area (Å²) in [6.45, 7) is 1.93. The monoisotopic (exact) mass is 340 g/mol. The quantitative estimate of drug-likeness (QED) is 0.583. The van der Waals surface area contributed by atoms with Crippen molar-refractivity contribution < 1.29 is 5.11 Å². The van der Waals surface area contributed by atoms with E-state index in [0.29, 0.717) is 22.8 Å². The highest BCUT2D eigenvalue weighted by atomic mass is 35.5. The first-order chi connectivity index (χ1) is 11.6. The molecule has 120 valence electrons. The molecule has 2 N–H and O–H groups in total. The Morgan fingerprint density at radius 1 is 1.25 bits per heavy atom. The summed E-state index contributed by atoms with van der Waals surface area (Å²) in [6.07, 6.45) is 3.32. The molecule has 7 nitrogen and oxygen atoms in total. The van der Waals surface area contributed by atoms with Gasteiger partial charge in [0.05, 0.1) is 5.02 Å². The summed E-state index contributed by atoms with van der Waals surface area (Å²) >= 11 is 6.35. The molecule has 3 heterocycles. The van der Waals surface area contributed by atoms with Gasteiger partial charge in [0.2, 0.25) is 5.95 Å². The van der Waals surface area contributed by atoms with E-state index in [1.54, 1.807) is 30.0 Å². The summed E-state index contributed by atoms with van der Waals surface area (Å²) in [5.74, 6) is 0.536. The summed E-state index contributed by atoms with van der Waals surface area (Å²) < 4.78 is 1.78. The number of aromatic hydroxyl groups is 1. The Morgan fingerprint density at radius 3 is 2.88 bits per heavy atom. The van der Waals surface area contributed by atoms with Crippen molar-refractivity contribution in [2.24, 2.45) is 0 Å². The maximum atomic E-state index is 9.98. The van der Waals surface area contributed by atoms with E-state index in [2.05, 4.69) is 25.5 Å². The van der Waals surface area contributed by atoms with Crippen LogP contribution in [0.15, 0.2) is 30.7 Å². The molecule has 0 radical (unpaired) electrons. The van der Waals surface area contributed by atoms with Crippen molar-refractivity contribution in [2.75, 3.05) is 12.4 Å². The molecular formula is C16H13ClN6O. The SMILES string of the molecule is CNc1ncc2cc(-c3c(C)ccc(O)c3Cl)c3nncn3c2n1. The van der Waals surface area contributed by atoms with Crippen LogP contribution in [0.4, 0.5) is 5.95 Å². The third-order valence-electron chi connectivity index (χ3n) is 3.94. The number of nitrogens with zero attached hydrogens (tertiary/aromatic N) is 5. The molecule has 1 aromatic carbocycles. The fourth-order valence-electron chi connectivity index (χ4n) is 2.77. The Labute approximate surface area is 142 Å². The van der Waals surface area contributed by atoms with E-state index in [4.69, 9.17) is 11.6 Å². The standard InChI is InChI=1S/C16H13ClN6O/c1-8-3-4-11(24)13(17)12(8)10-5-9-6-19-16(18-2)21-14(9)23-7-20-22-15(10)23/h3-7,24H,1-2H3,(H,18,19,21). The van der Waals surface area contributed by atoms with Gasteiger partial charge in [-0.15, -0.1) is 10.2 Å². The number of phenols is 1. The lowest BCUT2D eigenvalue weighted by atomic mass is 10.00. The third kappa shape index (κ3) is 2.05. The van der Waals surface area contributed by atoms with Gasteiger partial charge in [0.15, 0.2) is 11.3 Å². The molecular weight excluding hydrogens is 328 g/mol. The summed E-state index contributed by atoms with van der Waals surface area (Å²) in [5, 5.41) is 22.2. The number of aryl methyl sites for hydroxylation is 1. The van der Waals surface area contributed by atoms with Crippen LogP contribution >= 0.6 is 11.6 Å². The van der Waals surface area contributed by atoms with Gasteiger partial charge in [-0.1, -0.05) is 17.7 Å². The normalized spacial score (nSPS) is 11.3. The number of halogens is 1. The molecule has 4 aromatic rings. The molecule has 24 heavy (non-hydrogen) atoms. The lowest BCUT2D eigenvalue weighted by molar-refractivity contribution is 0.475. The average Bonchev–Trinajstić information content (AvgIpc) is 3.08. The third-order valence-corrected chi connectivity index (χ3v) is 4.32. The second kappa shape index (κ2) is 5.31. The van der Waals surface area contributed by atoms with E-state index >= 15 is 0 Å². The number of nitrogens with one attached hydrogen (secondary N) is 1. The lowest BCUT2D eigenvalue weighted by Gasteiger charge is -2.12. The Hall–Kier alpha value is -2.93. The summed E-state index contributed by atoms with van der Waals surface area (Å²) in [5.41, 5.74) is 3.70. The highest BCUT2D eigenvalue weighted by molar-refractivity contribution is 6.35. The highest BCUT2D eigenvalue weighted by Gasteiger charge is 2.18. The molecule has 0 aliphatic heterocycles. The number of aromatic nitrogens is 5. The highest BCUT2D eigenvalue weighted by Crippen LogP contribution is 2.39. The Balaban J connectivity index is 2.13. The molecule has 0 fully saturated rings. The summed E-state index contributed by atoms with van der Waals surface area (Å²) in [6, 6.07) is 5.30. The second-order valence-corrected chi connectivity index (χ2v) is 5.77. The van der Waals surface area contributed by atoms with Gasteiger partial charge in [0, 0.05) is 29.8 Å². The number of anilines is 1. The molecule has 0 unspecified atom stereocenters. The van der Waals surface area contributed by atoms with E-state index in [1.165, 1.54) is 0 Å². The first-order valence-corrected chi connectivity index (χ1v) is 7.63. The Kier molecular flexibility index (Phi) is 3.24. The molecule has 0 saturated heterocycles. The first-order valence-electron chi connectivity index (χ1n) is 7.26. The molecule has 0 bridgehead atoms. The second-order valence-electron chi connectivity index (χ2n) is 5.40. The van der Waals surface area contributed by atoms with Crippen LogP contribution in [0, 0.1) is 6.92 Å². The molecule has 0 saturated carbocycles. The van der Waals surface area contributed by atoms with Gasteiger partial charge in [-0.25, -0.2) is 4.98 Å². The van der Waals surface area contributed by atoms with Crippen LogP contribution in [0.1, 0.15) is 5.56 Å². The van der Waals surface area contributed by atoms with Crippen LogP contribution in [0.3, 0.4) is 0 Å². The van der Waals surface area contributed by atoms with E-state index in [9.17, 15) is 5.11 Å². The number of benzene rings is 1. The first kappa shape index (κ1) is 14.6. The molecule has 8 heteroatoms. The van der Waals surface area contributed by atoms with Crippen LogP contribution in [0.2, 0.25) is 5.02 Å². The van der Waals surface area contributed by atoms with Gasteiger partial charge >= 0.3 is 0 Å². The van der Waals surface area contributed by atoms with E-state index in [0.717, 1.165) is 16.5 Å². The average molecular weight is 341 g/mol. The smallest absolute Gasteiger partial charge is 0.224 e. The molecule has 0 atom stereocenters. The fraction of sp³-hybridized carbons (Fsp3) is 0.125. The Morgan fingerprint density at radius 2 is 2.08 bits per heavy atom. The maximum absolute atomic E-state index is 9.98. The number of fused-ring (bicyclic) bond motifs is 3. The topological polar surface area (TPSA) is 88.2 Å². The predicted octanol–water partition coefficient (Wildman–Crippen LogP) is 3.05. The van der Waals surface area contributed by atoms with E-state index < -0.39 is 0 Å². The minimum Gasteiger partial charge on any atom is -0.506 e. The van der Waals surface area contributed by atoms with Crippen molar-refractivity contribution >= 4 is 34.2 Å². The number of pyridine rings is 1. The van der Waals surface area contributed by atoms with Crippen molar-refractivity contribution in [1.82, 2.24) is 24.6 Å². The van der Waals surface area contributed by atoms with E-state index in [1.807, 2.05) is 19.1 Å². The fourth-order valence-corrected chi connectivity index (χ4v) is 3.08. The van der Waals surface area contributed by atoms with Crippen molar-refractivity contribution in [3.63, 3.8) is 0 Å². The predicted molar refractivity (Wildman–Crippen MR) is 92.5 cm³/mol. The zero-order valence-electron chi connectivity index (χ0n) is 12.9. The number of hydrogen-bond donors (Lipinski definition) is 2. The zero-order chi connectivity index (χ0) is 16.8. The van der Waals surface area contributed by atoms with E-state index in [-0.39, 0.29) is 10.8 Å². The molecule has 4 rings (SSSR count). The minimum absolute atomic E-state index is 0.0248. The molecule has 3 aromatic heterocycles. The maximum Gasteiger partial charge on any atom is 0.224 e. The summed E-state index contributed by atoms with van der Waals surface area (Å²) in [7, 11) is 1.76.